The molecule has 0 aromatic carbocycles. The molecule has 0 heterocycles. The molecule has 0 aliphatic carbocycles. The number of rotatable bonds is 6. The molecule has 4 heteroatoms. The van der Waals surface area contributed by atoms with Crippen molar-refractivity contribution in [1.82, 2.24) is 0 Å². The lowest BCUT2D eigenvalue weighted by molar-refractivity contribution is -0.152. The highest BCUT2D eigenvalue weighted by Gasteiger charge is 2.23. The van der Waals surface area contributed by atoms with Crippen LogP contribution in [0.15, 0.2) is 12.2 Å². The molecule has 0 fully saturated rings. The normalized spacial score (nSPS) is 12.2. The lowest BCUT2D eigenvalue weighted by Crippen LogP contribution is -2.29. The Labute approximate surface area is 109 Å². The van der Waals surface area contributed by atoms with Gasteiger partial charge in [-0.2, -0.15) is 0 Å². The van der Waals surface area contributed by atoms with Crippen molar-refractivity contribution in [3.63, 3.8) is 0 Å². The Morgan fingerprint density at radius 1 is 1.06 bits per heavy atom. The molecular formula is C14H24O4. The second kappa shape index (κ2) is 7.19. The van der Waals surface area contributed by atoms with Crippen molar-refractivity contribution in [2.45, 2.75) is 59.7 Å². The maximum absolute atomic E-state index is 11.5. The van der Waals surface area contributed by atoms with Crippen LogP contribution in [-0.2, 0) is 19.1 Å². The summed E-state index contributed by atoms with van der Waals surface area (Å²) in [6.07, 6.45) is 2.76. The van der Waals surface area contributed by atoms with E-state index in [-0.39, 0.29) is 6.10 Å². The summed E-state index contributed by atoms with van der Waals surface area (Å²) in [5.41, 5.74) is -0.530. The fourth-order valence-corrected chi connectivity index (χ4v) is 1.74. The maximum Gasteiger partial charge on any atom is 0.331 e. The van der Waals surface area contributed by atoms with Crippen LogP contribution in [0.25, 0.3) is 0 Å². The molecule has 0 aliphatic heterocycles. The lowest BCUT2D eigenvalue weighted by Gasteiger charge is -2.26. The van der Waals surface area contributed by atoms with E-state index in [4.69, 9.17) is 9.47 Å². The monoisotopic (exact) mass is 256 g/mol. The first kappa shape index (κ1) is 16.7. The summed E-state index contributed by atoms with van der Waals surface area (Å²) in [5.74, 6) is -0.632. The third-order valence-electron chi connectivity index (χ3n) is 1.98. The molecule has 18 heavy (non-hydrogen) atoms. The van der Waals surface area contributed by atoms with Crippen LogP contribution in [0.5, 0.6) is 0 Å². The van der Waals surface area contributed by atoms with Crippen LogP contribution in [0.3, 0.4) is 0 Å². The van der Waals surface area contributed by atoms with Crippen LogP contribution in [0.2, 0.25) is 0 Å². The van der Waals surface area contributed by atoms with Crippen LogP contribution in [0, 0.1) is 5.92 Å². The molecular weight excluding hydrogens is 232 g/mol. The minimum atomic E-state index is -0.538. The smallest absolute Gasteiger partial charge is 0.331 e. The largest absolute Gasteiger partial charge is 0.460 e. The van der Waals surface area contributed by atoms with Gasteiger partial charge in [-0.3, -0.25) is 0 Å². The molecule has 0 N–H and O–H groups in total. The van der Waals surface area contributed by atoms with Gasteiger partial charge in [0.05, 0.1) is 6.10 Å². The van der Waals surface area contributed by atoms with Gasteiger partial charge in [-0.15, -0.1) is 0 Å². The topological polar surface area (TPSA) is 52.6 Å². The number of carbonyl (C=O) groups is 2. The number of carbonyl (C=O) groups excluding carboxylic acids is 2. The highest BCUT2D eigenvalue weighted by Crippen LogP contribution is 2.20. The van der Waals surface area contributed by atoms with Gasteiger partial charge in [-0.1, -0.05) is 13.8 Å². The summed E-state index contributed by atoms with van der Waals surface area (Å²) in [4.78, 5) is 22.7. The van der Waals surface area contributed by atoms with E-state index in [0.717, 1.165) is 18.6 Å². The van der Waals surface area contributed by atoms with Crippen LogP contribution in [0.1, 0.15) is 48.0 Å². The molecule has 0 atom stereocenters. The fourth-order valence-electron chi connectivity index (χ4n) is 1.74. The molecule has 0 aromatic rings. The van der Waals surface area contributed by atoms with E-state index < -0.39 is 17.5 Å². The minimum Gasteiger partial charge on any atom is -0.460 e. The Bertz CT molecular complexity index is 314. The number of esters is 2. The summed E-state index contributed by atoms with van der Waals surface area (Å²) in [5, 5.41) is 0. The van der Waals surface area contributed by atoms with Gasteiger partial charge >= 0.3 is 11.9 Å². The average Bonchev–Trinajstić information content (AvgIpc) is 2.10. The standard InChI is InChI=1S/C14H24O4/c1-10(2)9-14(5,6)18-13(16)8-7-12(15)17-11(3)4/h7-8,10-11H,9H2,1-6H3/b8-7-. The molecule has 0 aliphatic rings. The lowest BCUT2D eigenvalue weighted by atomic mass is 9.96. The maximum atomic E-state index is 11.5. The van der Waals surface area contributed by atoms with Crippen molar-refractivity contribution >= 4 is 11.9 Å². The fraction of sp³-hybridized carbons (Fsp3) is 0.714. The molecule has 0 rings (SSSR count). The van der Waals surface area contributed by atoms with E-state index in [1.807, 2.05) is 13.8 Å². The van der Waals surface area contributed by atoms with Crippen molar-refractivity contribution in [2.24, 2.45) is 5.92 Å². The first-order chi connectivity index (χ1) is 8.12. The van der Waals surface area contributed by atoms with Gasteiger partial charge in [0, 0.05) is 12.2 Å². The first-order valence-corrected chi connectivity index (χ1v) is 6.24. The van der Waals surface area contributed by atoms with Crippen LogP contribution < -0.4 is 0 Å². The van der Waals surface area contributed by atoms with Crippen LogP contribution in [0.4, 0.5) is 0 Å². The summed E-state index contributed by atoms with van der Waals surface area (Å²) < 4.78 is 10.1. The molecule has 0 unspecified atom stereocenters. The average molecular weight is 256 g/mol. The van der Waals surface area contributed by atoms with Gasteiger partial charge in [0.2, 0.25) is 0 Å². The Hall–Kier alpha value is -1.32. The Balaban J connectivity index is 4.26. The van der Waals surface area contributed by atoms with Crippen molar-refractivity contribution < 1.29 is 19.1 Å². The minimum absolute atomic E-state index is 0.199. The highest BCUT2D eigenvalue weighted by atomic mass is 16.6. The number of hydrogen-bond acceptors (Lipinski definition) is 4. The zero-order chi connectivity index (χ0) is 14.3. The van der Waals surface area contributed by atoms with Gasteiger partial charge in [0.25, 0.3) is 0 Å². The van der Waals surface area contributed by atoms with Crippen LogP contribution >= 0.6 is 0 Å². The first-order valence-electron chi connectivity index (χ1n) is 6.24. The van der Waals surface area contributed by atoms with Gasteiger partial charge in [-0.25, -0.2) is 9.59 Å². The molecule has 0 saturated carbocycles. The Morgan fingerprint density at radius 3 is 2.00 bits per heavy atom. The number of ether oxygens (including phenoxy) is 2. The summed E-state index contributed by atoms with van der Waals surface area (Å²) in [6, 6.07) is 0. The second-order valence-electron chi connectivity index (χ2n) is 5.60. The SMILES string of the molecule is CC(C)CC(C)(C)OC(=O)/C=C\C(=O)OC(C)C. The predicted octanol–water partition coefficient (Wildman–Crippen LogP) is 2.86. The molecule has 0 aromatic heterocycles. The molecule has 0 spiro atoms. The van der Waals surface area contributed by atoms with Gasteiger partial charge in [0.15, 0.2) is 0 Å². The summed E-state index contributed by atoms with van der Waals surface area (Å²) in [7, 11) is 0. The van der Waals surface area contributed by atoms with Gasteiger partial charge in [0.1, 0.15) is 5.60 Å². The van der Waals surface area contributed by atoms with Crippen molar-refractivity contribution in [2.75, 3.05) is 0 Å². The summed E-state index contributed by atoms with van der Waals surface area (Å²) in [6.45, 7) is 11.3. The quantitative estimate of drug-likeness (QED) is 0.541. The van der Waals surface area contributed by atoms with Crippen molar-refractivity contribution in [3.8, 4) is 0 Å². The molecule has 104 valence electrons. The van der Waals surface area contributed by atoms with Gasteiger partial charge in [-0.05, 0) is 40.0 Å². The highest BCUT2D eigenvalue weighted by molar-refractivity contribution is 5.91. The molecule has 0 amide bonds. The molecule has 0 radical (unpaired) electrons. The van der Waals surface area contributed by atoms with E-state index in [1.54, 1.807) is 13.8 Å². The molecule has 0 saturated heterocycles. The Kier molecular flexibility index (Phi) is 6.66. The zero-order valence-corrected chi connectivity index (χ0v) is 12.1. The number of hydrogen-bond donors (Lipinski definition) is 0. The second-order valence-corrected chi connectivity index (χ2v) is 5.60. The van der Waals surface area contributed by atoms with Crippen molar-refractivity contribution in [3.05, 3.63) is 12.2 Å². The van der Waals surface area contributed by atoms with E-state index in [9.17, 15) is 9.59 Å². The summed E-state index contributed by atoms with van der Waals surface area (Å²) >= 11 is 0. The third kappa shape index (κ3) is 8.79. The van der Waals surface area contributed by atoms with E-state index in [1.165, 1.54) is 0 Å². The van der Waals surface area contributed by atoms with Gasteiger partial charge < -0.3 is 9.47 Å². The van der Waals surface area contributed by atoms with Crippen LogP contribution in [-0.4, -0.2) is 23.6 Å². The molecule has 4 nitrogen and oxygen atoms in total. The zero-order valence-electron chi connectivity index (χ0n) is 12.1. The Morgan fingerprint density at radius 2 is 1.56 bits per heavy atom. The third-order valence-corrected chi connectivity index (χ3v) is 1.98. The predicted molar refractivity (Wildman–Crippen MR) is 70.0 cm³/mol. The van der Waals surface area contributed by atoms with Crippen molar-refractivity contribution in [1.29, 1.82) is 0 Å². The van der Waals surface area contributed by atoms with E-state index in [0.29, 0.717) is 5.92 Å². The van der Waals surface area contributed by atoms with E-state index >= 15 is 0 Å². The van der Waals surface area contributed by atoms with E-state index in [2.05, 4.69) is 13.8 Å². The molecule has 0 bridgehead atoms.